The van der Waals surface area contributed by atoms with Crippen molar-refractivity contribution in [3.8, 4) is 0 Å². The SMILES string of the molecule is C/C=C(\CC=CCCCC)C(=O)O. The summed E-state index contributed by atoms with van der Waals surface area (Å²) in [5.41, 5.74) is 0.466. The molecule has 0 atom stereocenters. The van der Waals surface area contributed by atoms with E-state index >= 15 is 0 Å². The van der Waals surface area contributed by atoms with Crippen LogP contribution in [0.5, 0.6) is 0 Å². The monoisotopic (exact) mass is 182 g/mol. The number of carboxylic acid groups (broad SMARTS) is 1. The van der Waals surface area contributed by atoms with E-state index in [4.69, 9.17) is 5.11 Å². The van der Waals surface area contributed by atoms with E-state index in [1.165, 1.54) is 12.8 Å². The second-order valence-electron chi connectivity index (χ2n) is 2.94. The summed E-state index contributed by atoms with van der Waals surface area (Å²) in [5.74, 6) is -0.817. The van der Waals surface area contributed by atoms with Gasteiger partial charge in [0, 0.05) is 5.57 Å². The van der Waals surface area contributed by atoms with Gasteiger partial charge in [0.05, 0.1) is 0 Å². The molecular weight excluding hydrogens is 164 g/mol. The first-order valence-electron chi connectivity index (χ1n) is 4.75. The van der Waals surface area contributed by atoms with Crippen LogP contribution in [0.4, 0.5) is 0 Å². The van der Waals surface area contributed by atoms with Crippen molar-refractivity contribution < 1.29 is 9.90 Å². The second kappa shape index (κ2) is 7.59. The van der Waals surface area contributed by atoms with Crippen molar-refractivity contribution in [2.75, 3.05) is 0 Å². The zero-order valence-corrected chi connectivity index (χ0v) is 8.42. The molecule has 0 spiro atoms. The fourth-order valence-corrected chi connectivity index (χ4v) is 0.979. The van der Waals surface area contributed by atoms with Gasteiger partial charge in [-0.2, -0.15) is 0 Å². The Hall–Kier alpha value is -1.05. The van der Waals surface area contributed by atoms with Crippen LogP contribution in [-0.2, 0) is 4.79 Å². The molecule has 0 amide bonds. The summed E-state index contributed by atoms with van der Waals surface area (Å²) >= 11 is 0. The number of hydrogen-bond acceptors (Lipinski definition) is 1. The minimum atomic E-state index is -0.817. The lowest BCUT2D eigenvalue weighted by Gasteiger charge is -1.95. The molecule has 0 saturated heterocycles. The molecule has 1 N–H and O–H groups in total. The van der Waals surface area contributed by atoms with E-state index in [1.807, 2.05) is 6.08 Å². The highest BCUT2D eigenvalue weighted by Gasteiger charge is 2.01. The van der Waals surface area contributed by atoms with Crippen molar-refractivity contribution in [3.63, 3.8) is 0 Å². The summed E-state index contributed by atoms with van der Waals surface area (Å²) in [6, 6.07) is 0. The smallest absolute Gasteiger partial charge is 0.331 e. The van der Waals surface area contributed by atoms with Gasteiger partial charge < -0.3 is 5.11 Å². The van der Waals surface area contributed by atoms with Crippen LogP contribution in [0.1, 0.15) is 39.5 Å². The maximum Gasteiger partial charge on any atom is 0.331 e. The molecule has 74 valence electrons. The fraction of sp³-hybridized carbons (Fsp3) is 0.545. The third-order valence-electron chi connectivity index (χ3n) is 1.85. The maximum absolute atomic E-state index is 10.5. The van der Waals surface area contributed by atoms with Crippen molar-refractivity contribution in [2.24, 2.45) is 0 Å². The summed E-state index contributed by atoms with van der Waals surface area (Å²) in [6.07, 6.45) is 9.57. The highest BCUT2D eigenvalue weighted by Crippen LogP contribution is 2.04. The van der Waals surface area contributed by atoms with Crippen molar-refractivity contribution in [1.29, 1.82) is 0 Å². The normalized spacial score (nSPS) is 12.3. The largest absolute Gasteiger partial charge is 0.478 e. The highest BCUT2D eigenvalue weighted by molar-refractivity contribution is 5.86. The van der Waals surface area contributed by atoms with Crippen LogP contribution in [0.25, 0.3) is 0 Å². The fourth-order valence-electron chi connectivity index (χ4n) is 0.979. The average molecular weight is 182 g/mol. The summed E-state index contributed by atoms with van der Waals surface area (Å²) in [4.78, 5) is 10.5. The van der Waals surface area contributed by atoms with Gasteiger partial charge in [-0.15, -0.1) is 0 Å². The Balaban J connectivity index is 3.73. The topological polar surface area (TPSA) is 37.3 Å². The number of allylic oxidation sites excluding steroid dienone is 3. The number of aliphatic carboxylic acids is 1. The standard InChI is InChI=1S/C11H18O2/c1-3-5-6-7-8-9-10(4-2)11(12)13/h4,7-8H,3,5-6,9H2,1-2H3,(H,12,13)/b8-7?,10-4+. The van der Waals surface area contributed by atoms with Gasteiger partial charge in [-0.05, 0) is 19.8 Å². The minimum absolute atomic E-state index is 0.466. The van der Waals surface area contributed by atoms with E-state index in [2.05, 4.69) is 13.0 Å². The Bertz CT molecular complexity index is 202. The van der Waals surface area contributed by atoms with Crippen molar-refractivity contribution >= 4 is 5.97 Å². The van der Waals surface area contributed by atoms with Gasteiger partial charge >= 0.3 is 5.97 Å². The van der Waals surface area contributed by atoms with E-state index in [-0.39, 0.29) is 0 Å². The summed E-state index contributed by atoms with van der Waals surface area (Å²) in [7, 11) is 0. The molecule has 2 nitrogen and oxygen atoms in total. The quantitative estimate of drug-likeness (QED) is 0.389. The summed E-state index contributed by atoms with van der Waals surface area (Å²) in [6.45, 7) is 3.89. The van der Waals surface area contributed by atoms with Gasteiger partial charge in [-0.25, -0.2) is 4.79 Å². The van der Waals surface area contributed by atoms with Gasteiger partial charge in [-0.1, -0.05) is 38.0 Å². The molecule has 0 fully saturated rings. The Morgan fingerprint density at radius 1 is 1.38 bits per heavy atom. The molecule has 0 saturated carbocycles. The summed E-state index contributed by atoms with van der Waals surface area (Å²) < 4.78 is 0. The first kappa shape index (κ1) is 11.9. The van der Waals surface area contributed by atoms with Crippen LogP contribution in [-0.4, -0.2) is 11.1 Å². The first-order chi connectivity index (χ1) is 6.22. The number of hydrogen-bond donors (Lipinski definition) is 1. The lowest BCUT2D eigenvalue weighted by Crippen LogP contribution is -1.98. The lowest BCUT2D eigenvalue weighted by atomic mass is 10.1. The Labute approximate surface area is 80.0 Å². The molecular formula is C11H18O2. The third-order valence-corrected chi connectivity index (χ3v) is 1.85. The number of carboxylic acids is 1. The Morgan fingerprint density at radius 2 is 2.08 bits per heavy atom. The van der Waals surface area contributed by atoms with Crippen LogP contribution in [0.2, 0.25) is 0 Å². The lowest BCUT2D eigenvalue weighted by molar-refractivity contribution is -0.132. The van der Waals surface area contributed by atoms with E-state index in [9.17, 15) is 4.79 Å². The zero-order chi connectivity index (χ0) is 10.1. The van der Waals surface area contributed by atoms with Crippen molar-refractivity contribution in [3.05, 3.63) is 23.8 Å². The van der Waals surface area contributed by atoms with Crippen LogP contribution in [0.15, 0.2) is 23.8 Å². The van der Waals surface area contributed by atoms with Crippen LogP contribution in [0.3, 0.4) is 0 Å². The van der Waals surface area contributed by atoms with E-state index in [0.29, 0.717) is 12.0 Å². The van der Waals surface area contributed by atoms with Crippen LogP contribution < -0.4 is 0 Å². The number of carbonyl (C=O) groups is 1. The summed E-state index contributed by atoms with van der Waals surface area (Å²) in [5, 5.41) is 8.67. The van der Waals surface area contributed by atoms with Gasteiger partial charge in [-0.3, -0.25) is 0 Å². The van der Waals surface area contributed by atoms with Crippen LogP contribution in [0, 0.1) is 0 Å². The van der Waals surface area contributed by atoms with Gasteiger partial charge in [0.25, 0.3) is 0 Å². The Kier molecular flexibility index (Phi) is 6.98. The first-order valence-corrected chi connectivity index (χ1v) is 4.75. The predicted molar refractivity (Wildman–Crippen MR) is 54.7 cm³/mol. The van der Waals surface area contributed by atoms with Crippen molar-refractivity contribution in [1.82, 2.24) is 0 Å². The number of rotatable bonds is 6. The molecule has 2 heteroatoms. The van der Waals surface area contributed by atoms with Crippen molar-refractivity contribution in [2.45, 2.75) is 39.5 Å². The zero-order valence-electron chi connectivity index (χ0n) is 8.42. The van der Waals surface area contributed by atoms with E-state index < -0.39 is 5.97 Å². The van der Waals surface area contributed by atoms with E-state index in [1.54, 1.807) is 13.0 Å². The number of unbranched alkanes of at least 4 members (excludes halogenated alkanes) is 2. The minimum Gasteiger partial charge on any atom is -0.478 e. The van der Waals surface area contributed by atoms with E-state index in [0.717, 1.165) is 6.42 Å². The molecule has 0 aromatic rings. The Morgan fingerprint density at radius 3 is 2.54 bits per heavy atom. The average Bonchev–Trinajstić information content (AvgIpc) is 2.10. The van der Waals surface area contributed by atoms with Gasteiger partial charge in [0.15, 0.2) is 0 Å². The highest BCUT2D eigenvalue weighted by atomic mass is 16.4. The van der Waals surface area contributed by atoms with Gasteiger partial charge in [0.1, 0.15) is 0 Å². The predicted octanol–water partition coefficient (Wildman–Crippen LogP) is 3.15. The molecule has 0 bridgehead atoms. The molecule has 0 radical (unpaired) electrons. The molecule has 13 heavy (non-hydrogen) atoms. The molecule has 0 aromatic heterocycles. The second-order valence-corrected chi connectivity index (χ2v) is 2.94. The van der Waals surface area contributed by atoms with Crippen LogP contribution >= 0.6 is 0 Å². The molecule has 0 aliphatic carbocycles. The molecule has 0 aliphatic rings. The molecule has 0 aromatic carbocycles. The maximum atomic E-state index is 10.5. The third kappa shape index (κ3) is 6.14. The molecule has 0 unspecified atom stereocenters. The molecule has 0 heterocycles. The molecule has 0 rings (SSSR count). The van der Waals surface area contributed by atoms with Gasteiger partial charge in [0.2, 0.25) is 0 Å². The molecule has 0 aliphatic heterocycles.